The summed E-state index contributed by atoms with van der Waals surface area (Å²) in [5.74, 6) is 0.0891. The van der Waals surface area contributed by atoms with Crippen LogP contribution in [0.5, 0.6) is 5.75 Å². The Kier molecular flexibility index (Phi) is 5.04. The molecule has 1 atom stereocenters. The predicted molar refractivity (Wildman–Crippen MR) is 99.3 cm³/mol. The Bertz CT molecular complexity index is 806. The van der Waals surface area contributed by atoms with Crippen LogP contribution in [0.15, 0.2) is 59.6 Å². The second-order valence-electron chi connectivity index (χ2n) is 5.34. The summed E-state index contributed by atoms with van der Waals surface area (Å²) in [4.78, 5) is 30.6. The third kappa shape index (κ3) is 3.83. The fourth-order valence-electron chi connectivity index (χ4n) is 2.27. The SMILES string of the molecule is COc1ccc(N=C2SC(C(=O)Nc3ccccc3)C(=O)N2C)cc1. The van der Waals surface area contributed by atoms with Gasteiger partial charge in [0.1, 0.15) is 5.75 Å². The number of nitrogens with zero attached hydrogens (tertiary/aromatic N) is 2. The van der Waals surface area contributed by atoms with Crippen molar-refractivity contribution in [3.8, 4) is 5.75 Å². The van der Waals surface area contributed by atoms with Crippen molar-refractivity contribution in [1.82, 2.24) is 4.90 Å². The van der Waals surface area contributed by atoms with E-state index in [9.17, 15) is 9.59 Å². The number of carbonyl (C=O) groups is 2. The van der Waals surface area contributed by atoms with Gasteiger partial charge in [-0.15, -0.1) is 0 Å². The largest absolute Gasteiger partial charge is 0.497 e. The minimum absolute atomic E-state index is 0.286. The molecule has 0 aliphatic carbocycles. The number of amidine groups is 1. The first-order valence-electron chi connectivity index (χ1n) is 7.61. The van der Waals surface area contributed by atoms with Gasteiger partial charge in [-0.25, -0.2) is 4.99 Å². The summed E-state index contributed by atoms with van der Waals surface area (Å²) in [5.41, 5.74) is 1.34. The molecule has 0 radical (unpaired) electrons. The maximum absolute atomic E-state index is 12.4. The summed E-state index contributed by atoms with van der Waals surface area (Å²) in [6.45, 7) is 0. The van der Waals surface area contributed by atoms with E-state index in [1.54, 1.807) is 50.6 Å². The van der Waals surface area contributed by atoms with E-state index in [1.807, 2.05) is 18.2 Å². The maximum atomic E-state index is 12.4. The van der Waals surface area contributed by atoms with Crippen molar-refractivity contribution in [3.63, 3.8) is 0 Å². The summed E-state index contributed by atoms with van der Waals surface area (Å²) in [5, 5.41) is 2.40. The molecule has 2 aromatic carbocycles. The number of carbonyl (C=O) groups excluding carboxylic acids is 2. The second kappa shape index (κ2) is 7.40. The van der Waals surface area contributed by atoms with Crippen LogP contribution < -0.4 is 10.1 Å². The highest BCUT2D eigenvalue weighted by atomic mass is 32.2. The van der Waals surface area contributed by atoms with Crippen LogP contribution in [0.2, 0.25) is 0 Å². The molecule has 7 heteroatoms. The molecule has 0 aromatic heterocycles. The molecule has 0 bridgehead atoms. The minimum atomic E-state index is -0.845. The molecule has 1 saturated heterocycles. The molecular weight excluding hydrogens is 338 g/mol. The van der Waals surface area contributed by atoms with Gasteiger partial charge in [-0.3, -0.25) is 14.5 Å². The van der Waals surface area contributed by atoms with E-state index in [0.29, 0.717) is 16.5 Å². The Labute approximate surface area is 149 Å². The van der Waals surface area contributed by atoms with Gasteiger partial charge in [0.2, 0.25) is 5.91 Å². The first-order chi connectivity index (χ1) is 12.1. The third-order valence-corrected chi connectivity index (χ3v) is 4.87. The number of anilines is 1. The number of hydrogen-bond acceptors (Lipinski definition) is 5. The van der Waals surface area contributed by atoms with Crippen LogP contribution in [0.25, 0.3) is 0 Å². The van der Waals surface area contributed by atoms with Gasteiger partial charge in [0.25, 0.3) is 5.91 Å². The number of aliphatic imine (C=N–C) groups is 1. The normalized spacial score (nSPS) is 18.5. The first kappa shape index (κ1) is 17.0. The Balaban J connectivity index is 1.74. The molecule has 1 fully saturated rings. The lowest BCUT2D eigenvalue weighted by molar-refractivity contribution is -0.129. The van der Waals surface area contributed by atoms with Gasteiger partial charge in [0.05, 0.1) is 12.8 Å². The Hall–Kier alpha value is -2.80. The van der Waals surface area contributed by atoms with Crippen LogP contribution in [-0.4, -0.2) is 41.3 Å². The molecule has 1 unspecified atom stereocenters. The number of thioether (sulfide) groups is 1. The van der Waals surface area contributed by atoms with Crippen molar-refractivity contribution in [2.75, 3.05) is 19.5 Å². The fraction of sp³-hybridized carbons (Fsp3) is 0.167. The van der Waals surface area contributed by atoms with Gasteiger partial charge >= 0.3 is 0 Å². The molecule has 128 valence electrons. The zero-order valence-corrected chi connectivity index (χ0v) is 14.6. The van der Waals surface area contributed by atoms with Gasteiger partial charge in [0, 0.05) is 12.7 Å². The first-order valence-corrected chi connectivity index (χ1v) is 8.49. The average molecular weight is 355 g/mol. The van der Waals surface area contributed by atoms with Crippen LogP contribution in [-0.2, 0) is 9.59 Å². The van der Waals surface area contributed by atoms with Crippen molar-refractivity contribution in [2.45, 2.75) is 5.25 Å². The summed E-state index contributed by atoms with van der Waals surface area (Å²) in [7, 11) is 3.21. The van der Waals surface area contributed by atoms with Crippen LogP contribution in [0.4, 0.5) is 11.4 Å². The zero-order valence-electron chi connectivity index (χ0n) is 13.8. The minimum Gasteiger partial charge on any atom is -0.497 e. The van der Waals surface area contributed by atoms with Gasteiger partial charge in [-0.1, -0.05) is 30.0 Å². The zero-order chi connectivity index (χ0) is 17.8. The molecule has 1 N–H and O–H groups in total. The second-order valence-corrected chi connectivity index (χ2v) is 6.42. The number of benzene rings is 2. The highest BCUT2D eigenvalue weighted by Gasteiger charge is 2.40. The lowest BCUT2D eigenvalue weighted by Crippen LogP contribution is -2.35. The number of ether oxygens (including phenoxy) is 1. The molecule has 3 rings (SSSR count). The monoisotopic (exact) mass is 355 g/mol. The number of para-hydroxylation sites is 1. The number of amides is 2. The summed E-state index contributed by atoms with van der Waals surface area (Å²) < 4.78 is 5.11. The van der Waals surface area contributed by atoms with E-state index in [2.05, 4.69) is 10.3 Å². The van der Waals surface area contributed by atoms with Crippen molar-refractivity contribution >= 4 is 40.1 Å². The molecular formula is C18H17N3O3S. The molecule has 2 amide bonds. The van der Waals surface area contributed by atoms with E-state index in [0.717, 1.165) is 17.5 Å². The van der Waals surface area contributed by atoms with E-state index >= 15 is 0 Å². The smallest absolute Gasteiger partial charge is 0.251 e. The quantitative estimate of drug-likeness (QED) is 0.856. The Morgan fingerprint density at radius 2 is 1.84 bits per heavy atom. The van der Waals surface area contributed by atoms with Crippen molar-refractivity contribution in [2.24, 2.45) is 4.99 Å². The number of methoxy groups -OCH3 is 1. The van der Waals surface area contributed by atoms with Gasteiger partial charge in [-0.2, -0.15) is 0 Å². The summed E-state index contributed by atoms with van der Waals surface area (Å²) in [6, 6.07) is 16.2. The standard InChI is InChI=1S/C18H17N3O3S/c1-21-17(23)15(16(22)19-12-6-4-3-5-7-12)25-18(21)20-13-8-10-14(24-2)11-9-13/h3-11,15H,1-2H3,(H,19,22). The molecule has 25 heavy (non-hydrogen) atoms. The molecule has 0 spiro atoms. The summed E-state index contributed by atoms with van der Waals surface area (Å²) >= 11 is 1.14. The van der Waals surface area contributed by atoms with Crippen molar-refractivity contribution in [1.29, 1.82) is 0 Å². The Morgan fingerprint density at radius 1 is 1.16 bits per heavy atom. The van der Waals surface area contributed by atoms with E-state index < -0.39 is 5.25 Å². The topological polar surface area (TPSA) is 71.0 Å². The number of nitrogens with one attached hydrogen (secondary N) is 1. The molecule has 1 aliphatic heterocycles. The highest BCUT2D eigenvalue weighted by molar-refractivity contribution is 8.16. The van der Waals surface area contributed by atoms with Crippen molar-refractivity contribution < 1.29 is 14.3 Å². The third-order valence-electron chi connectivity index (χ3n) is 3.64. The van der Waals surface area contributed by atoms with Crippen LogP contribution in [0.1, 0.15) is 0 Å². The van der Waals surface area contributed by atoms with Gasteiger partial charge in [0.15, 0.2) is 10.4 Å². The lowest BCUT2D eigenvalue weighted by atomic mass is 10.3. The highest BCUT2D eigenvalue weighted by Crippen LogP contribution is 2.30. The van der Waals surface area contributed by atoms with Crippen molar-refractivity contribution in [3.05, 3.63) is 54.6 Å². The van der Waals surface area contributed by atoms with Crippen LogP contribution in [0.3, 0.4) is 0 Å². The van der Waals surface area contributed by atoms with Crippen LogP contribution in [0, 0.1) is 0 Å². The van der Waals surface area contributed by atoms with Gasteiger partial charge < -0.3 is 10.1 Å². The van der Waals surface area contributed by atoms with Crippen LogP contribution >= 0.6 is 11.8 Å². The molecule has 1 aliphatic rings. The molecule has 2 aromatic rings. The lowest BCUT2D eigenvalue weighted by Gasteiger charge is -2.09. The predicted octanol–water partition coefficient (Wildman–Crippen LogP) is 2.90. The van der Waals surface area contributed by atoms with E-state index in [1.165, 1.54) is 4.90 Å². The molecule has 1 heterocycles. The molecule has 0 saturated carbocycles. The van der Waals surface area contributed by atoms with E-state index in [-0.39, 0.29) is 11.8 Å². The molecule has 6 nitrogen and oxygen atoms in total. The summed E-state index contributed by atoms with van der Waals surface area (Å²) in [6.07, 6.45) is 0. The van der Waals surface area contributed by atoms with Gasteiger partial charge in [-0.05, 0) is 36.4 Å². The average Bonchev–Trinajstić information content (AvgIpc) is 2.92. The number of rotatable bonds is 4. The number of hydrogen-bond donors (Lipinski definition) is 1. The Morgan fingerprint density at radius 3 is 2.48 bits per heavy atom. The van der Waals surface area contributed by atoms with E-state index in [4.69, 9.17) is 4.74 Å². The maximum Gasteiger partial charge on any atom is 0.251 e. The fourth-order valence-corrected chi connectivity index (χ4v) is 3.31.